The van der Waals surface area contributed by atoms with Crippen molar-refractivity contribution in [3.05, 3.63) is 83.0 Å². The molecular formula is C26H34N6. The third-order valence-electron chi connectivity index (χ3n) is 7.64. The molecule has 0 aliphatic carbocycles. The number of aromatic nitrogens is 6. The lowest BCUT2D eigenvalue weighted by molar-refractivity contribution is 0.364. The molecule has 1 aliphatic rings. The van der Waals surface area contributed by atoms with Crippen LogP contribution in [0.2, 0.25) is 0 Å². The SMILES string of the molecule is CC1(C)c2ccn(n2)C(C)(C)c2ccc([nH]2)C(C)(C)c2ccc([nH]2)C(C)(C)n2ccc1n2. The zero-order valence-corrected chi connectivity index (χ0v) is 20.4. The van der Waals surface area contributed by atoms with Crippen LogP contribution in [0, 0.1) is 0 Å². The molecule has 0 aromatic carbocycles. The molecule has 4 aromatic rings. The maximum Gasteiger partial charge on any atom is 0.0967 e. The van der Waals surface area contributed by atoms with Gasteiger partial charge in [-0.15, -0.1) is 0 Å². The Labute approximate surface area is 190 Å². The Kier molecular flexibility index (Phi) is 4.09. The molecule has 0 fully saturated rings. The molecule has 6 heteroatoms. The van der Waals surface area contributed by atoms with Gasteiger partial charge in [-0.2, -0.15) is 10.2 Å². The van der Waals surface area contributed by atoms with Crippen molar-refractivity contribution in [1.82, 2.24) is 29.5 Å². The molecule has 8 bridgehead atoms. The van der Waals surface area contributed by atoms with Gasteiger partial charge in [-0.25, -0.2) is 0 Å². The van der Waals surface area contributed by atoms with E-state index in [9.17, 15) is 0 Å². The van der Waals surface area contributed by atoms with Gasteiger partial charge in [0.2, 0.25) is 0 Å². The van der Waals surface area contributed by atoms with E-state index >= 15 is 0 Å². The number of fused-ring (bicyclic) bond motifs is 8. The first-order valence-corrected chi connectivity index (χ1v) is 11.4. The van der Waals surface area contributed by atoms with Gasteiger partial charge in [-0.3, -0.25) is 9.36 Å². The van der Waals surface area contributed by atoms with Crippen molar-refractivity contribution in [3.8, 4) is 0 Å². The topological polar surface area (TPSA) is 67.2 Å². The van der Waals surface area contributed by atoms with Crippen LogP contribution in [0.4, 0.5) is 0 Å². The number of hydrogen-bond acceptors (Lipinski definition) is 2. The Morgan fingerprint density at radius 2 is 0.906 bits per heavy atom. The molecule has 0 radical (unpaired) electrons. The molecule has 5 rings (SSSR count). The van der Waals surface area contributed by atoms with E-state index in [-0.39, 0.29) is 21.9 Å². The van der Waals surface area contributed by atoms with Gasteiger partial charge in [0.25, 0.3) is 0 Å². The normalized spacial score (nSPS) is 20.2. The molecule has 32 heavy (non-hydrogen) atoms. The zero-order chi connectivity index (χ0) is 23.1. The molecule has 6 nitrogen and oxygen atoms in total. The molecule has 0 atom stereocenters. The fourth-order valence-electron chi connectivity index (χ4n) is 4.69. The van der Waals surface area contributed by atoms with Crippen LogP contribution in [-0.2, 0) is 21.9 Å². The number of rotatable bonds is 0. The molecular weight excluding hydrogens is 396 g/mol. The summed E-state index contributed by atoms with van der Waals surface area (Å²) in [7, 11) is 0. The summed E-state index contributed by atoms with van der Waals surface area (Å²) in [6, 6.07) is 13.0. The second-order valence-electron chi connectivity index (χ2n) is 11.2. The Morgan fingerprint density at radius 3 is 1.31 bits per heavy atom. The van der Waals surface area contributed by atoms with Crippen molar-refractivity contribution in [2.75, 3.05) is 0 Å². The Hall–Kier alpha value is -3.02. The van der Waals surface area contributed by atoms with Crippen molar-refractivity contribution in [2.45, 2.75) is 77.3 Å². The summed E-state index contributed by atoms with van der Waals surface area (Å²) < 4.78 is 4.12. The second kappa shape index (κ2) is 6.27. The molecule has 0 unspecified atom stereocenters. The number of nitrogens with zero attached hydrogens (tertiary/aromatic N) is 4. The van der Waals surface area contributed by atoms with Crippen LogP contribution in [0.25, 0.3) is 0 Å². The van der Waals surface area contributed by atoms with Crippen LogP contribution in [-0.4, -0.2) is 29.5 Å². The minimum atomic E-state index is -0.317. The molecule has 0 spiro atoms. The highest BCUT2D eigenvalue weighted by Gasteiger charge is 2.36. The first-order chi connectivity index (χ1) is 14.8. The van der Waals surface area contributed by atoms with E-state index in [4.69, 9.17) is 10.2 Å². The lowest BCUT2D eigenvalue weighted by atomic mass is 9.86. The van der Waals surface area contributed by atoms with Gasteiger partial charge in [-0.05, 0) is 91.8 Å². The monoisotopic (exact) mass is 430 g/mol. The molecule has 168 valence electrons. The molecule has 1 aliphatic heterocycles. The summed E-state index contributed by atoms with van der Waals surface area (Å²) in [6.07, 6.45) is 4.16. The quantitative estimate of drug-likeness (QED) is 0.399. The van der Waals surface area contributed by atoms with Gasteiger partial charge in [0.05, 0.1) is 27.9 Å². The molecule has 0 saturated heterocycles. The van der Waals surface area contributed by atoms with Crippen LogP contribution in [0.15, 0.2) is 48.8 Å². The summed E-state index contributed by atoms with van der Waals surface area (Å²) >= 11 is 0. The van der Waals surface area contributed by atoms with Crippen LogP contribution >= 0.6 is 0 Å². The van der Waals surface area contributed by atoms with Crippen LogP contribution in [0.1, 0.15) is 89.6 Å². The summed E-state index contributed by atoms with van der Waals surface area (Å²) in [5.74, 6) is 0. The van der Waals surface area contributed by atoms with Crippen LogP contribution < -0.4 is 0 Å². The third-order valence-corrected chi connectivity index (χ3v) is 7.64. The van der Waals surface area contributed by atoms with Gasteiger partial charge >= 0.3 is 0 Å². The average Bonchev–Trinajstić information content (AvgIpc) is 3.53. The van der Waals surface area contributed by atoms with Crippen molar-refractivity contribution < 1.29 is 0 Å². The fraction of sp³-hybridized carbons (Fsp3) is 0.462. The largest absolute Gasteiger partial charge is 0.359 e. The number of hydrogen-bond donors (Lipinski definition) is 2. The maximum atomic E-state index is 5.04. The first-order valence-electron chi connectivity index (χ1n) is 11.4. The summed E-state index contributed by atoms with van der Waals surface area (Å²) in [6.45, 7) is 17.7. The van der Waals surface area contributed by atoms with Gasteiger partial charge in [0, 0.05) is 40.6 Å². The molecule has 5 heterocycles. The van der Waals surface area contributed by atoms with Crippen molar-refractivity contribution in [1.29, 1.82) is 0 Å². The van der Waals surface area contributed by atoms with Crippen molar-refractivity contribution in [3.63, 3.8) is 0 Å². The molecule has 0 amide bonds. The highest BCUT2D eigenvalue weighted by Crippen LogP contribution is 2.37. The van der Waals surface area contributed by atoms with E-state index in [1.54, 1.807) is 0 Å². The van der Waals surface area contributed by atoms with E-state index < -0.39 is 0 Å². The average molecular weight is 431 g/mol. The first kappa shape index (κ1) is 20.9. The van der Waals surface area contributed by atoms with Crippen LogP contribution in [0.3, 0.4) is 0 Å². The lowest BCUT2D eigenvalue weighted by Gasteiger charge is -2.28. The van der Waals surface area contributed by atoms with E-state index in [0.717, 1.165) is 22.8 Å². The summed E-state index contributed by atoms with van der Waals surface area (Å²) in [5, 5.41) is 10.1. The number of H-pyrrole nitrogens is 2. The Morgan fingerprint density at radius 1 is 0.531 bits per heavy atom. The van der Waals surface area contributed by atoms with Gasteiger partial charge in [0.1, 0.15) is 0 Å². The third kappa shape index (κ3) is 2.78. The van der Waals surface area contributed by atoms with E-state index in [1.165, 1.54) is 11.4 Å². The lowest BCUT2D eigenvalue weighted by Crippen LogP contribution is -2.32. The fourth-order valence-corrected chi connectivity index (χ4v) is 4.69. The molecule has 2 N–H and O–H groups in total. The van der Waals surface area contributed by atoms with Gasteiger partial charge < -0.3 is 9.97 Å². The maximum absolute atomic E-state index is 5.04. The predicted molar refractivity (Wildman–Crippen MR) is 127 cm³/mol. The van der Waals surface area contributed by atoms with Crippen molar-refractivity contribution >= 4 is 0 Å². The van der Waals surface area contributed by atoms with Crippen molar-refractivity contribution in [2.24, 2.45) is 0 Å². The molecule has 4 aromatic heterocycles. The summed E-state index contributed by atoms with van der Waals surface area (Å²) in [4.78, 5) is 7.43. The van der Waals surface area contributed by atoms with E-state index in [0.29, 0.717) is 0 Å². The minimum Gasteiger partial charge on any atom is -0.359 e. The minimum absolute atomic E-state index is 0.202. The van der Waals surface area contributed by atoms with E-state index in [2.05, 4.69) is 124 Å². The Bertz CT molecular complexity index is 1000. The highest BCUT2D eigenvalue weighted by molar-refractivity contribution is 5.36. The predicted octanol–water partition coefficient (Wildman–Crippen LogP) is 5.27. The second-order valence-corrected chi connectivity index (χ2v) is 11.2. The highest BCUT2D eigenvalue weighted by atomic mass is 15.3. The summed E-state index contributed by atoms with van der Waals surface area (Å²) in [5.41, 5.74) is 5.48. The Balaban J connectivity index is 1.76. The number of aromatic amines is 2. The van der Waals surface area contributed by atoms with Gasteiger partial charge in [-0.1, -0.05) is 0 Å². The standard InChI is InChI=1S/C26H34N6/c1-23(2)17-9-11-21(27-17)25(5,6)31-15-13-19(29-31)24(3,4)20-14-16-32(30-20)26(7,8)22-12-10-18(23)28-22/h9-16,27-28H,1-8H3. The smallest absolute Gasteiger partial charge is 0.0967 e. The van der Waals surface area contributed by atoms with Crippen LogP contribution in [0.5, 0.6) is 0 Å². The number of nitrogens with one attached hydrogen (secondary N) is 2. The molecule has 0 saturated carbocycles. The van der Waals surface area contributed by atoms with Gasteiger partial charge in [0.15, 0.2) is 0 Å². The zero-order valence-electron chi connectivity index (χ0n) is 20.4. The van der Waals surface area contributed by atoms with E-state index in [1.807, 2.05) is 0 Å².